The molecule has 12 heteroatoms. The third-order valence-electron chi connectivity index (χ3n) is 4.74. The lowest BCUT2D eigenvalue weighted by molar-refractivity contribution is -0.113. The van der Waals surface area contributed by atoms with E-state index in [9.17, 15) is 22.8 Å². The minimum absolute atomic E-state index is 0.0187. The summed E-state index contributed by atoms with van der Waals surface area (Å²) in [4.78, 5) is 40.5. The number of fused-ring (bicyclic) bond motifs is 1. The van der Waals surface area contributed by atoms with E-state index < -0.39 is 14.9 Å². The lowest BCUT2D eigenvalue weighted by atomic mass is 10.1. The topological polar surface area (TPSA) is 120 Å². The van der Waals surface area contributed by atoms with Crippen molar-refractivity contribution in [3.05, 3.63) is 39.1 Å². The summed E-state index contributed by atoms with van der Waals surface area (Å²) >= 11 is 2.10. The van der Waals surface area contributed by atoms with Gasteiger partial charge in [0.15, 0.2) is 4.21 Å². The number of H-pyrrole nitrogens is 1. The number of thiazole rings is 1. The zero-order chi connectivity index (χ0) is 20.8. The van der Waals surface area contributed by atoms with Gasteiger partial charge in [-0.05, 0) is 25.1 Å². The maximum absolute atomic E-state index is 12.8. The molecule has 2 amide bonds. The second kappa shape index (κ2) is 7.59. The number of nitrogens with one attached hydrogen (secondary N) is 2. The second-order valence-corrected chi connectivity index (χ2v) is 10.8. The fraction of sp³-hybridized carbons (Fsp3) is 0.353. The van der Waals surface area contributed by atoms with Crippen molar-refractivity contribution in [3.8, 4) is 0 Å². The Morgan fingerprint density at radius 1 is 1.14 bits per heavy atom. The number of nitrogens with zero attached hydrogens (tertiary/aromatic N) is 2. The predicted octanol–water partition coefficient (Wildman–Crippen LogP) is 0.936. The van der Waals surface area contributed by atoms with Crippen molar-refractivity contribution in [2.24, 2.45) is 0 Å². The average molecular weight is 455 g/mol. The summed E-state index contributed by atoms with van der Waals surface area (Å²) in [5.74, 6) is 0.0388. The van der Waals surface area contributed by atoms with Crippen LogP contribution in [0.4, 0.5) is 5.69 Å². The Morgan fingerprint density at radius 2 is 1.86 bits per heavy atom. The minimum atomic E-state index is -3.77. The van der Waals surface area contributed by atoms with E-state index in [4.69, 9.17) is 0 Å². The van der Waals surface area contributed by atoms with Crippen LogP contribution in [0.3, 0.4) is 0 Å². The molecule has 29 heavy (non-hydrogen) atoms. The van der Waals surface area contributed by atoms with Gasteiger partial charge in [-0.3, -0.25) is 14.4 Å². The first kappa shape index (κ1) is 20.1. The minimum Gasteiger partial charge on any atom is -0.336 e. The molecule has 4 rings (SSSR count). The first-order valence-corrected chi connectivity index (χ1v) is 12.1. The summed E-state index contributed by atoms with van der Waals surface area (Å²) < 4.78 is 26.9. The number of hydrogen-bond donors (Lipinski definition) is 2. The van der Waals surface area contributed by atoms with Crippen molar-refractivity contribution in [1.29, 1.82) is 0 Å². The van der Waals surface area contributed by atoms with Crippen molar-refractivity contribution in [1.82, 2.24) is 14.2 Å². The smallest absolute Gasteiger partial charge is 0.305 e. The predicted molar refractivity (Wildman–Crippen MR) is 110 cm³/mol. The molecule has 0 spiro atoms. The van der Waals surface area contributed by atoms with E-state index in [1.165, 1.54) is 16.1 Å². The first-order chi connectivity index (χ1) is 13.8. The monoisotopic (exact) mass is 454 g/mol. The Bertz CT molecular complexity index is 1150. The summed E-state index contributed by atoms with van der Waals surface area (Å²) in [5.41, 5.74) is 1.39. The molecule has 0 saturated carbocycles. The van der Waals surface area contributed by atoms with Gasteiger partial charge in [0, 0.05) is 42.3 Å². The van der Waals surface area contributed by atoms with E-state index in [0.717, 1.165) is 4.90 Å². The van der Waals surface area contributed by atoms with Crippen molar-refractivity contribution in [2.75, 3.05) is 37.2 Å². The molecule has 1 aromatic heterocycles. The second-order valence-electron chi connectivity index (χ2n) is 6.67. The van der Waals surface area contributed by atoms with Crippen LogP contribution in [0.2, 0.25) is 0 Å². The van der Waals surface area contributed by atoms with E-state index in [0.29, 0.717) is 34.0 Å². The molecular formula is C17H18N4O5S3. The fourth-order valence-electron chi connectivity index (χ4n) is 3.28. The number of anilines is 1. The van der Waals surface area contributed by atoms with E-state index in [-0.39, 0.29) is 42.2 Å². The van der Waals surface area contributed by atoms with Gasteiger partial charge in [-0.1, -0.05) is 11.3 Å². The Kier molecular flexibility index (Phi) is 5.27. The van der Waals surface area contributed by atoms with Crippen molar-refractivity contribution < 1.29 is 18.0 Å². The molecule has 1 aromatic carbocycles. The zero-order valence-electron chi connectivity index (χ0n) is 15.4. The SMILES string of the molecule is Cc1[nH]c(=O)sc1S(=O)(=O)N1CCN(C(=O)c2ccc3c(c2)NC(=O)CS3)CC1. The average Bonchev–Trinajstić information content (AvgIpc) is 3.05. The number of carbonyl (C=O) groups excluding carboxylic acids is 2. The molecular weight excluding hydrogens is 436 g/mol. The molecule has 2 aliphatic heterocycles. The van der Waals surface area contributed by atoms with Crippen LogP contribution in [0, 0.1) is 6.92 Å². The standard InChI is InChI=1S/C17H18N4O5S3/c1-10-16(28-17(24)18-10)29(25,26)21-6-4-20(5-7-21)15(23)11-2-3-13-12(8-11)19-14(22)9-27-13/h2-3,8H,4-7,9H2,1H3,(H,18,24)(H,19,22). The molecule has 2 N–H and O–H groups in total. The highest BCUT2D eigenvalue weighted by atomic mass is 32.2. The third-order valence-corrected chi connectivity index (χ3v) is 9.29. The highest BCUT2D eigenvalue weighted by Crippen LogP contribution is 2.32. The molecule has 1 fully saturated rings. The van der Waals surface area contributed by atoms with Gasteiger partial charge in [-0.2, -0.15) is 4.31 Å². The van der Waals surface area contributed by atoms with Crippen LogP contribution in [0.1, 0.15) is 16.1 Å². The van der Waals surface area contributed by atoms with Crippen LogP contribution in [0.5, 0.6) is 0 Å². The molecule has 0 bridgehead atoms. The molecule has 3 heterocycles. The summed E-state index contributed by atoms with van der Waals surface area (Å²) in [5, 5.41) is 2.77. The molecule has 0 aliphatic carbocycles. The van der Waals surface area contributed by atoms with Gasteiger partial charge in [0.1, 0.15) is 0 Å². The van der Waals surface area contributed by atoms with E-state index in [2.05, 4.69) is 10.3 Å². The van der Waals surface area contributed by atoms with Gasteiger partial charge in [-0.15, -0.1) is 11.8 Å². The van der Waals surface area contributed by atoms with Crippen LogP contribution in [0.15, 0.2) is 32.1 Å². The fourth-order valence-corrected chi connectivity index (χ4v) is 6.93. The number of amides is 2. The van der Waals surface area contributed by atoms with Gasteiger partial charge in [-0.25, -0.2) is 8.42 Å². The number of rotatable bonds is 3. The molecule has 0 radical (unpaired) electrons. The molecule has 1 saturated heterocycles. The van der Waals surface area contributed by atoms with Crippen molar-refractivity contribution >= 4 is 50.6 Å². The van der Waals surface area contributed by atoms with Crippen LogP contribution >= 0.6 is 23.1 Å². The van der Waals surface area contributed by atoms with Gasteiger partial charge < -0.3 is 15.2 Å². The maximum Gasteiger partial charge on any atom is 0.305 e. The zero-order valence-corrected chi connectivity index (χ0v) is 17.9. The normalized spacial score (nSPS) is 17.7. The summed E-state index contributed by atoms with van der Waals surface area (Å²) in [6.45, 7) is 2.34. The molecule has 2 aromatic rings. The number of hydrogen-bond acceptors (Lipinski definition) is 7. The first-order valence-electron chi connectivity index (χ1n) is 8.81. The van der Waals surface area contributed by atoms with Crippen LogP contribution < -0.4 is 10.2 Å². The number of benzene rings is 1. The Morgan fingerprint density at radius 3 is 2.52 bits per heavy atom. The van der Waals surface area contributed by atoms with Crippen LogP contribution in [-0.4, -0.2) is 66.4 Å². The summed E-state index contributed by atoms with van der Waals surface area (Å²) in [6, 6.07) is 5.19. The summed E-state index contributed by atoms with van der Waals surface area (Å²) in [7, 11) is -3.77. The number of sulfonamides is 1. The number of piperazine rings is 1. The van der Waals surface area contributed by atoms with Crippen molar-refractivity contribution in [2.45, 2.75) is 16.0 Å². The molecule has 2 aliphatic rings. The number of aryl methyl sites for hydroxylation is 1. The lowest BCUT2D eigenvalue weighted by Crippen LogP contribution is -2.50. The highest BCUT2D eigenvalue weighted by Gasteiger charge is 2.33. The van der Waals surface area contributed by atoms with Crippen molar-refractivity contribution in [3.63, 3.8) is 0 Å². The number of aromatic nitrogens is 1. The van der Waals surface area contributed by atoms with E-state index in [1.54, 1.807) is 24.0 Å². The van der Waals surface area contributed by atoms with E-state index >= 15 is 0 Å². The van der Waals surface area contributed by atoms with Crippen LogP contribution in [0.25, 0.3) is 0 Å². The lowest BCUT2D eigenvalue weighted by Gasteiger charge is -2.34. The molecule has 9 nitrogen and oxygen atoms in total. The Labute approximate surface area is 175 Å². The quantitative estimate of drug-likeness (QED) is 0.712. The third kappa shape index (κ3) is 3.84. The summed E-state index contributed by atoms with van der Waals surface area (Å²) in [6.07, 6.45) is 0. The van der Waals surface area contributed by atoms with Gasteiger partial charge in [0.2, 0.25) is 5.91 Å². The molecule has 154 valence electrons. The number of thioether (sulfide) groups is 1. The Hall–Kier alpha value is -2.15. The molecule has 0 atom stereocenters. The van der Waals surface area contributed by atoms with Gasteiger partial charge in [0.25, 0.3) is 15.9 Å². The largest absolute Gasteiger partial charge is 0.336 e. The van der Waals surface area contributed by atoms with Crippen LogP contribution in [-0.2, 0) is 14.8 Å². The number of aromatic amines is 1. The van der Waals surface area contributed by atoms with E-state index in [1.807, 2.05) is 6.07 Å². The molecule has 0 unspecified atom stereocenters. The maximum atomic E-state index is 12.8. The number of carbonyl (C=O) groups is 2. The van der Waals surface area contributed by atoms with Gasteiger partial charge in [0.05, 0.1) is 11.4 Å². The Balaban J connectivity index is 1.46. The highest BCUT2D eigenvalue weighted by molar-refractivity contribution is 8.00. The van der Waals surface area contributed by atoms with Gasteiger partial charge >= 0.3 is 4.87 Å².